The molecular weight excluding hydrogens is 178 g/mol. The predicted octanol–water partition coefficient (Wildman–Crippen LogP) is -1.84. The summed E-state index contributed by atoms with van der Waals surface area (Å²) in [7, 11) is 0. The molecule has 66 valence electrons. The molecule has 2 atom stereocenters. The van der Waals surface area contributed by atoms with Gasteiger partial charge in [0.05, 0.1) is 5.70 Å². The second-order valence-corrected chi connectivity index (χ2v) is 3.07. The maximum absolute atomic E-state index is 10.9. The van der Waals surface area contributed by atoms with Crippen molar-refractivity contribution in [1.82, 2.24) is 21.3 Å². The van der Waals surface area contributed by atoms with Crippen LogP contribution in [-0.2, 0) is 0 Å². The molecule has 2 aliphatic rings. The minimum Gasteiger partial charge on any atom is -0.355 e. The van der Waals surface area contributed by atoms with Gasteiger partial charge in [0.15, 0.2) is 0 Å². The lowest BCUT2D eigenvalue weighted by atomic mass is 10.3. The summed E-state index contributed by atoms with van der Waals surface area (Å²) < 4.78 is 0. The molecule has 2 rings (SSSR count). The minimum absolute atomic E-state index is 0.193. The summed E-state index contributed by atoms with van der Waals surface area (Å²) in [6.07, 6.45) is -0.488. The van der Waals surface area contributed by atoms with Gasteiger partial charge >= 0.3 is 6.03 Å². The maximum Gasteiger partial charge on any atom is 0.321 e. The number of carbonyl (C=O) groups is 1. The van der Waals surface area contributed by atoms with Crippen molar-refractivity contribution < 1.29 is 4.79 Å². The van der Waals surface area contributed by atoms with Gasteiger partial charge in [0.1, 0.15) is 17.5 Å². The average Bonchev–Trinajstić information content (AvgIpc) is 2.29. The fourth-order valence-corrected chi connectivity index (χ4v) is 1.45. The highest BCUT2D eigenvalue weighted by molar-refractivity contribution is 7.80. The van der Waals surface area contributed by atoms with E-state index < -0.39 is 6.17 Å². The zero-order chi connectivity index (χ0) is 8.72. The third kappa shape index (κ3) is 1.07. The van der Waals surface area contributed by atoms with Crippen LogP contribution < -0.4 is 27.0 Å². The van der Waals surface area contributed by atoms with Crippen LogP contribution in [0.15, 0.2) is 11.5 Å². The van der Waals surface area contributed by atoms with Gasteiger partial charge in [-0.2, -0.15) is 0 Å². The monoisotopic (exact) mass is 187 g/mol. The van der Waals surface area contributed by atoms with Crippen molar-refractivity contribution in [2.45, 2.75) is 11.7 Å². The molecule has 0 radical (unpaired) electrons. The third-order valence-corrected chi connectivity index (χ3v) is 1.94. The summed E-state index contributed by atoms with van der Waals surface area (Å²) in [5.74, 6) is 0.603. The topological polar surface area (TPSA) is 91.2 Å². The molecular formula is C5H9N5OS. The number of amides is 2. The highest BCUT2D eigenvalue weighted by atomic mass is 32.1. The van der Waals surface area contributed by atoms with Crippen LogP contribution in [0.25, 0.3) is 0 Å². The number of nitrogens with one attached hydrogen (secondary N) is 4. The van der Waals surface area contributed by atoms with Gasteiger partial charge in [-0.25, -0.2) is 4.79 Å². The highest BCUT2D eigenvalue weighted by Crippen LogP contribution is 2.11. The Kier molecular flexibility index (Phi) is 1.55. The van der Waals surface area contributed by atoms with E-state index in [9.17, 15) is 4.79 Å². The molecule has 7 heteroatoms. The Morgan fingerprint density at radius 1 is 1.33 bits per heavy atom. The summed E-state index contributed by atoms with van der Waals surface area (Å²) in [6.45, 7) is 0. The number of rotatable bonds is 0. The Labute approximate surface area is 74.4 Å². The van der Waals surface area contributed by atoms with Gasteiger partial charge in [-0.15, -0.1) is 12.6 Å². The second-order valence-electron chi connectivity index (χ2n) is 2.56. The molecule has 0 aliphatic carbocycles. The minimum atomic E-state index is -0.488. The Hall–Kier alpha value is -1.08. The molecule has 0 bridgehead atoms. The second kappa shape index (κ2) is 2.46. The summed E-state index contributed by atoms with van der Waals surface area (Å²) >= 11 is 4.12. The first-order valence-corrected chi connectivity index (χ1v) is 3.97. The summed E-state index contributed by atoms with van der Waals surface area (Å²) in [5, 5.41) is 10.9. The van der Waals surface area contributed by atoms with E-state index in [2.05, 4.69) is 33.9 Å². The molecule has 6 nitrogen and oxygen atoms in total. The standard InChI is InChI=1S/C5H9N5OS/c6-2-1-3(9-4(11)8-2)10-5(12)7-1/h2,5,7,10,12H,6H2,(H2,8,9,11). The largest absolute Gasteiger partial charge is 0.355 e. The molecule has 0 saturated carbocycles. The van der Waals surface area contributed by atoms with Gasteiger partial charge in [-0.3, -0.25) is 5.32 Å². The van der Waals surface area contributed by atoms with Crippen LogP contribution in [0.2, 0.25) is 0 Å². The van der Waals surface area contributed by atoms with E-state index in [1.807, 2.05) is 0 Å². The maximum atomic E-state index is 10.9. The lowest BCUT2D eigenvalue weighted by Gasteiger charge is -2.21. The van der Waals surface area contributed by atoms with E-state index in [0.29, 0.717) is 5.82 Å². The Balaban J connectivity index is 2.24. The van der Waals surface area contributed by atoms with Gasteiger partial charge in [-0.1, -0.05) is 0 Å². The van der Waals surface area contributed by atoms with Crippen LogP contribution in [0.4, 0.5) is 4.79 Å². The summed E-state index contributed by atoms with van der Waals surface area (Å²) in [4.78, 5) is 10.9. The van der Waals surface area contributed by atoms with Crippen molar-refractivity contribution in [3.05, 3.63) is 11.5 Å². The Morgan fingerprint density at radius 2 is 2.08 bits per heavy atom. The van der Waals surface area contributed by atoms with Crippen LogP contribution in [0, 0.1) is 0 Å². The molecule has 0 aromatic carbocycles. The van der Waals surface area contributed by atoms with E-state index in [1.54, 1.807) is 0 Å². The van der Waals surface area contributed by atoms with Crippen molar-refractivity contribution >= 4 is 18.7 Å². The normalized spacial score (nSPS) is 33.0. The number of thiol groups is 1. The number of carbonyl (C=O) groups excluding carboxylic acids is 1. The van der Waals surface area contributed by atoms with Gasteiger partial charge < -0.3 is 21.7 Å². The zero-order valence-electron chi connectivity index (χ0n) is 6.09. The Bertz CT molecular complexity index is 265. The molecule has 2 aliphatic heterocycles. The zero-order valence-corrected chi connectivity index (χ0v) is 6.98. The smallest absolute Gasteiger partial charge is 0.321 e. The van der Waals surface area contributed by atoms with E-state index in [-0.39, 0.29) is 11.5 Å². The number of hydrogen-bond donors (Lipinski definition) is 6. The summed E-state index contributed by atoms with van der Waals surface area (Å²) in [5.41, 5.74) is 6.14. The number of nitrogens with two attached hydrogens (primary N) is 1. The first-order valence-electron chi connectivity index (χ1n) is 3.45. The number of hydrogen-bond acceptors (Lipinski definition) is 5. The van der Waals surface area contributed by atoms with E-state index in [4.69, 9.17) is 5.73 Å². The molecule has 2 unspecified atom stereocenters. The highest BCUT2D eigenvalue weighted by Gasteiger charge is 2.30. The molecule has 12 heavy (non-hydrogen) atoms. The SMILES string of the molecule is NC1NC(=O)NC2=C1NC(S)N2. The molecule has 0 saturated heterocycles. The van der Waals surface area contributed by atoms with E-state index >= 15 is 0 Å². The van der Waals surface area contributed by atoms with Gasteiger partial charge in [0, 0.05) is 0 Å². The van der Waals surface area contributed by atoms with Crippen LogP contribution in [0.1, 0.15) is 0 Å². The van der Waals surface area contributed by atoms with Crippen molar-refractivity contribution in [2.75, 3.05) is 0 Å². The predicted molar refractivity (Wildman–Crippen MR) is 45.7 cm³/mol. The molecule has 0 spiro atoms. The third-order valence-electron chi connectivity index (χ3n) is 1.68. The average molecular weight is 187 g/mol. The molecule has 0 aromatic rings. The van der Waals surface area contributed by atoms with Gasteiger partial charge in [0.2, 0.25) is 0 Å². The fraction of sp³-hybridized carbons (Fsp3) is 0.400. The van der Waals surface area contributed by atoms with E-state index in [1.165, 1.54) is 0 Å². The molecule has 0 aromatic heterocycles. The molecule has 6 N–H and O–H groups in total. The van der Waals surface area contributed by atoms with E-state index in [0.717, 1.165) is 5.70 Å². The van der Waals surface area contributed by atoms with Crippen LogP contribution in [0.3, 0.4) is 0 Å². The Morgan fingerprint density at radius 3 is 2.83 bits per heavy atom. The lowest BCUT2D eigenvalue weighted by molar-refractivity contribution is 0.238. The molecule has 0 fully saturated rings. The van der Waals surface area contributed by atoms with Crippen LogP contribution in [0.5, 0.6) is 0 Å². The van der Waals surface area contributed by atoms with Crippen LogP contribution >= 0.6 is 12.6 Å². The lowest BCUT2D eigenvalue weighted by Crippen LogP contribution is -2.54. The molecule has 2 amide bonds. The summed E-state index contributed by atoms with van der Waals surface area (Å²) in [6, 6.07) is -0.307. The fourth-order valence-electron chi connectivity index (χ4n) is 1.18. The van der Waals surface area contributed by atoms with Gasteiger partial charge in [0.25, 0.3) is 0 Å². The van der Waals surface area contributed by atoms with Crippen molar-refractivity contribution in [2.24, 2.45) is 5.73 Å². The van der Waals surface area contributed by atoms with Crippen molar-refractivity contribution in [3.63, 3.8) is 0 Å². The van der Waals surface area contributed by atoms with Crippen molar-refractivity contribution in [1.29, 1.82) is 0 Å². The first-order chi connectivity index (χ1) is 5.66. The quantitative estimate of drug-likeness (QED) is 0.251. The molecule has 2 heterocycles. The van der Waals surface area contributed by atoms with Gasteiger partial charge in [-0.05, 0) is 0 Å². The van der Waals surface area contributed by atoms with Crippen molar-refractivity contribution in [3.8, 4) is 0 Å². The number of urea groups is 1. The first kappa shape index (κ1) is 7.56. The van der Waals surface area contributed by atoms with Crippen LogP contribution in [-0.4, -0.2) is 17.7 Å².